The molecule has 0 spiro atoms. The molecule has 4 heteroatoms. The van der Waals surface area contributed by atoms with Gasteiger partial charge in [0.1, 0.15) is 5.60 Å². The summed E-state index contributed by atoms with van der Waals surface area (Å²) in [6, 6.07) is 5.09. The molecule has 0 unspecified atom stereocenters. The molecule has 0 aromatic heterocycles. The lowest BCUT2D eigenvalue weighted by Gasteiger charge is -2.23. The Hall–Kier alpha value is -1.55. The van der Waals surface area contributed by atoms with Gasteiger partial charge in [-0.2, -0.15) is 0 Å². The summed E-state index contributed by atoms with van der Waals surface area (Å²) >= 11 is 0. The molecule has 0 fully saturated rings. The summed E-state index contributed by atoms with van der Waals surface area (Å²) < 4.78 is 11.1. The van der Waals surface area contributed by atoms with Gasteiger partial charge >= 0.3 is 0 Å². The number of Topliss-reactive ketones (excluding diaryl/α,β-unsaturated/α-hetero) is 1. The Morgan fingerprint density at radius 1 is 1.21 bits per heavy atom. The number of carbonyl (C=O) groups is 1. The first-order valence-electron chi connectivity index (χ1n) is 6.77. The maximum absolute atomic E-state index is 12.4. The first kappa shape index (κ1) is 13.9. The maximum Gasteiger partial charge on any atom is 0.194 e. The van der Waals surface area contributed by atoms with Gasteiger partial charge < -0.3 is 14.6 Å². The largest absolute Gasteiger partial charge is 0.490 e. The van der Waals surface area contributed by atoms with E-state index in [1.165, 1.54) is 0 Å². The molecule has 1 aromatic carbocycles. The van der Waals surface area contributed by atoms with Gasteiger partial charge in [-0.15, -0.1) is 0 Å². The van der Waals surface area contributed by atoms with Gasteiger partial charge in [0.25, 0.3) is 0 Å². The topological polar surface area (TPSA) is 55.8 Å². The van der Waals surface area contributed by atoms with E-state index in [-0.39, 0.29) is 5.78 Å². The highest BCUT2D eigenvalue weighted by atomic mass is 16.5. The van der Waals surface area contributed by atoms with Crippen molar-refractivity contribution in [2.75, 3.05) is 13.2 Å². The zero-order chi connectivity index (χ0) is 13.9. The van der Waals surface area contributed by atoms with E-state index in [0.717, 1.165) is 6.42 Å². The van der Waals surface area contributed by atoms with Gasteiger partial charge in [0.15, 0.2) is 17.3 Å². The normalized spacial score (nSPS) is 14.9. The van der Waals surface area contributed by atoms with Crippen molar-refractivity contribution in [3.05, 3.63) is 23.8 Å². The summed E-state index contributed by atoms with van der Waals surface area (Å²) in [5.41, 5.74) is -0.824. The molecule has 2 rings (SSSR count). The Bertz CT molecular complexity index is 463. The smallest absolute Gasteiger partial charge is 0.194 e. The number of hydrogen-bond donors (Lipinski definition) is 1. The number of ketones is 1. The van der Waals surface area contributed by atoms with Crippen LogP contribution in [0.2, 0.25) is 0 Å². The fourth-order valence-corrected chi connectivity index (χ4v) is 2.14. The van der Waals surface area contributed by atoms with E-state index in [2.05, 4.69) is 0 Å². The molecule has 19 heavy (non-hydrogen) atoms. The number of hydrogen-bond acceptors (Lipinski definition) is 4. The van der Waals surface area contributed by atoms with Crippen LogP contribution in [0.4, 0.5) is 0 Å². The Morgan fingerprint density at radius 3 is 2.47 bits per heavy atom. The molecule has 0 radical (unpaired) electrons. The van der Waals surface area contributed by atoms with Gasteiger partial charge in [-0.3, -0.25) is 4.79 Å². The molecule has 1 aromatic rings. The third-order valence-corrected chi connectivity index (χ3v) is 3.60. The third kappa shape index (κ3) is 2.73. The van der Waals surface area contributed by atoms with Gasteiger partial charge in [-0.25, -0.2) is 0 Å². The summed E-state index contributed by atoms with van der Waals surface area (Å²) in [5.74, 6) is 0.983. The molecule has 1 heterocycles. The van der Waals surface area contributed by atoms with E-state index in [9.17, 15) is 9.90 Å². The lowest BCUT2D eigenvalue weighted by Crippen LogP contribution is -2.37. The minimum Gasteiger partial charge on any atom is -0.490 e. The van der Waals surface area contributed by atoms with Gasteiger partial charge in [0.2, 0.25) is 0 Å². The fourth-order valence-electron chi connectivity index (χ4n) is 2.14. The molecule has 1 N–H and O–H groups in total. The van der Waals surface area contributed by atoms with Crippen LogP contribution in [-0.4, -0.2) is 29.7 Å². The number of rotatable bonds is 4. The van der Waals surface area contributed by atoms with Crippen LogP contribution in [-0.2, 0) is 0 Å². The highest BCUT2D eigenvalue weighted by Crippen LogP contribution is 2.32. The third-order valence-electron chi connectivity index (χ3n) is 3.60. The lowest BCUT2D eigenvalue weighted by atomic mass is 9.88. The molecule has 0 bridgehead atoms. The summed E-state index contributed by atoms with van der Waals surface area (Å²) in [5, 5.41) is 10.3. The van der Waals surface area contributed by atoms with Crippen molar-refractivity contribution >= 4 is 5.78 Å². The molecule has 0 amide bonds. The number of benzene rings is 1. The van der Waals surface area contributed by atoms with E-state index in [1.54, 1.807) is 18.2 Å². The van der Waals surface area contributed by atoms with Crippen LogP contribution in [0.5, 0.6) is 11.5 Å². The minimum atomic E-state index is -1.29. The van der Waals surface area contributed by atoms with Crippen molar-refractivity contribution in [3.8, 4) is 11.5 Å². The predicted octanol–water partition coefficient (Wildman–Crippen LogP) is 2.58. The molecular weight excluding hydrogens is 244 g/mol. The van der Waals surface area contributed by atoms with Gasteiger partial charge in [0.05, 0.1) is 13.2 Å². The van der Waals surface area contributed by atoms with Crippen LogP contribution in [0.25, 0.3) is 0 Å². The molecule has 4 nitrogen and oxygen atoms in total. The van der Waals surface area contributed by atoms with Crippen LogP contribution in [0.3, 0.4) is 0 Å². The van der Waals surface area contributed by atoms with Crippen molar-refractivity contribution in [1.29, 1.82) is 0 Å². The van der Waals surface area contributed by atoms with E-state index < -0.39 is 5.60 Å². The monoisotopic (exact) mass is 264 g/mol. The second kappa shape index (κ2) is 5.61. The zero-order valence-corrected chi connectivity index (χ0v) is 11.4. The Kier molecular flexibility index (Phi) is 4.10. The number of carbonyl (C=O) groups excluding carboxylic acids is 1. The molecule has 104 valence electrons. The second-order valence-electron chi connectivity index (χ2n) is 4.78. The highest BCUT2D eigenvalue weighted by molar-refractivity contribution is 6.02. The van der Waals surface area contributed by atoms with Gasteiger partial charge in [-0.1, -0.05) is 13.8 Å². The second-order valence-corrected chi connectivity index (χ2v) is 4.78. The van der Waals surface area contributed by atoms with Crippen LogP contribution >= 0.6 is 0 Å². The number of aliphatic hydroxyl groups is 1. The average Bonchev–Trinajstić information content (AvgIpc) is 2.70. The molecule has 0 saturated heterocycles. The van der Waals surface area contributed by atoms with E-state index >= 15 is 0 Å². The van der Waals surface area contributed by atoms with Gasteiger partial charge in [-0.05, 0) is 31.0 Å². The zero-order valence-electron chi connectivity index (χ0n) is 11.4. The number of fused-ring (bicyclic) bond motifs is 1. The van der Waals surface area contributed by atoms with Crippen molar-refractivity contribution in [3.63, 3.8) is 0 Å². The van der Waals surface area contributed by atoms with Crippen molar-refractivity contribution in [1.82, 2.24) is 0 Å². The molecule has 0 atom stereocenters. The number of ether oxygens (including phenoxy) is 2. The summed E-state index contributed by atoms with van der Waals surface area (Å²) in [4.78, 5) is 12.4. The first-order chi connectivity index (χ1) is 9.10. The van der Waals surface area contributed by atoms with Crippen LogP contribution in [0.15, 0.2) is 18.2 Å². The Morgan fingerprint density at radius 2 is 1.84 bits per heavy atom. The average molecular weight is 264 g/mol. The molecule has 1 aliphatic rings. The maximum atomic E-state index is 12.4. The van der Waals surface area contributed by atoms with E-state index in [0.29, 0.717) is 43.1 Å². The quantitative estimate of drug-likeness (QED) is 0.849. The van der Waals surface area contributed by atoms with Crippen molar-refractivity contribution < 1.29 is 19.4 Å². The molecular formula is C15H20O4. The summed E-state index contributed by atoms with van der Waals surface area (Å²) in [7, 11) is 0. The SMILES string of the molecule is CCC(O)(CC)C(=O)c1ccc2c(c1)OCCCO2. The van der Waals surface area contributed by atoms with E-state index in [4.69, 9.17) is 9.47 Å². The molecule has 0 aliphatic carbocycles. The first-order valence-corrected chi connectivity index (χ1v) is 6.77. The summed E-state index contributed by atoms with van der Waals surface area (Å²) in [6.45, 7) is 4.82. The standard InChI is InChI=1S/C15H20O4/c1-3-15(17,4-2)14(16)11-6-7-12-13(10-11)19-9-5-8-18-12/h6-7,10,17H,3-5,8-9H2,1-2H3. The predicted molar refractivity (Wildman–Crippen MR) is 71.9 cm³/mol. The van der Waals surface area contributed by atoms with Gasteiger partial charge in [0, 0.05) is 12.0 Å². The molecule has 0 saturated carbocycles. The fraction of sp³-hybridized carbons (Fsp3) is 0.533. The summed E-state index contributed by atoms with van der Waals surface area (Å²) in [6.07, 6.45) is 1.62. The van der Waals surface area contributed by atoms with Crippen LogP contribution in [0.1, 0.15) is 43.5 Å². The molecule has 1 aliphatic heterocycles. The van der Waals surface area contributed by atoms with Crippen LogP contribution < -0.4 is 9.47 Å². The Balaban J connectivity index is 2.31. The lowest BCUT2D eigenvalue weighted by molar-refractivity contribution is 0.0277. The van der Waals surface area contributed by atoms with Crippen LogP contribution in [0, 0.1) is 0 Å². The highest BCUT2D eigenvalue weighted by Gasteiger charge is 2.33. The minimum absolute atomic E-state index is 0.256. The Labute approximate surface area is 113 Å². The van der Waals surface area contributed by atoms with Crippen molar-refractivity contribution in [2.45, 2.75) is 38.7 Å². The van der Waals surface area contributed by atoms with Crippen molar-refractivity contribution in [2.24, 2.45) is 0 Å². The van der Waals surface area contributed by atoms with E-state index in [1.807, 2.05) is 13.8 Å².